The summed E-state index contributed by atoms with van der Waals surface area (Å²) >= 11 is 0. The zero-order valence-electron chi connectivity index (χ0n) is 7.88. The SMILES string of the molecule is C/C(=C\CC/C(C)=C/CO)CO. The van der Waals surface area contributed by atoms with Crippen LogP contribution in [0.25, 0.3) is 0 Å². The Morgan fingerprint density at radius 2 is 1.75 bits per heavy atom. The van der Waals surface area contributed by atoms with Crippen molar-refractivity contribution in [3.8, 4) is 0 Å². The Morgan fingerprint density at radius 1 is 1.08 bits per heavy atom. The number of allylic oxidation sites excluding steroid dienone is 2. The minimum atomic E-state index is 0.120. The van der Waals surface area contributed by atoms with Gasteiger partial charge in [-0.15, -0.1) is 0 Å². The maximum atomic E-state index is 8.68. The van der Waals surface area contributed by atoms with Crippen molar-refractivity contribution in [2.75, 3.05) is 13.2 Å². The van der Waals surface area contributed by atoms with Crippen LogP contribution in [0.3, 0.4) is 0 Å². The highest BCUT2D eigenvalue weighted by molar-refractivity contribution is 5.03. The molecule has 0 atom stereocenters. The lowest BCUT2D eigenvalue weighted by Crippen LogP contribution is -1.85. The van der Waals surface area contributed by atoms with Crippen LogP contribution in [0.2, 0.25) is 0 Å². The third kappa shape index (κ3) is 6.13. The van der Waals surface area contributed by atoms with Crippen LogP contribution in [-0.2, 0) is 0 Å². The van der Waals surface area contributed by atoms with E-state index in [4.69, 9.17) is 10.2 Å². The van der Waals surface area contributed by atoms with Crippen molar-refractivity contribution in [3.63, 3.8) is 0 Å². The van der Waals surface area contributed by atoms with Gasteiger partial charge in [0.05, 0.1) is 13.2 Å². The molecule has 0 amide bonds. The first-order valence-corrected chi connectivity index (χ1v) is 4.23. The van der Waals surface area contributed by atoms with Gasteiger partial charge in [0.25, 0.3) is 0 Å². The number of aliphatic hydroxyl groups is 2. The highest BCUT2D eigenvalue weighted by Crippen LogP contribution is 2.05. The Bertz CT molecular complexity index is 169. The second kappa shape index (κ2) is 7.07. The Morgan fingerprint density at radius 3 is 2.25 bits per heavy atom. The molecule has 0 aromatic heterocycles. The summed E-state index contributed by atoms with van der Waals surface area (Å²) in [5.41, 5.74) is 2.20. The minimum Gasteiger partial charge on any atom is -0.392 e. The van der Waals surface area contributed by atoms with Gasteiger partial charge in [0.15, 0.2) is 0 Å². The summed E-state index contributed by atoms with van der Waals surface area (Å²) in [6.45, 7) is 4.17. The van der Waals surface area contributed by atoms with Crippen molar-refractivity contribution in [1.82, 2.24) is 0 Å². The van der Waals surface area contributed by atoms with Gasteiger partial charge in [-0.05, 0) is 26.7 Å². The number of hydrogen-bond donors (Lipinski definition) is 2. The molecule has 12 heavy (non-hydrogen) atoms. The van der Waals surface area contributed by atoms with Gasteiger partial charge in [-0.1, -0.05) is 23.3 Å². The molecule has 2 heteroatoms. The van der Waals surface area contributed by atoms with E-state index in [-0.39, 0.29) is 13.2 Å². The fraction of sp³-hybridized carbons (Fsp3) is 0.600. The van der Waals surface area contributed by atoms with E-state index in [1.807, 2.05) is 26.0 Å². The second-order valence-electron chi connectivity index (χ2n) is 2.98. The zero-order chi connectivity index (χ0) is 9.40. The maximum absolute atomic E-state index is 8.68. The van der Waals surface area contributed by atoms with E-state index in [1.54, 1.807) is 0 Å². The predicted octanol–water partition coefficient (Wildman–Crippen LogP) is 1.64. The molecular formula is C10H18O2. The van der Waals surface area contributed by atoms with Crippen molar-refractivity contribution in [2.24, 2.45) is 0 Å². The van der Waals surface area contributed by atoms with Gasteiger partial charge in [0.2, 0.25) is 0 Å². The van der Waals surface area contributed by atoms with Gasteiger partial charge in [-0.2, -0.15) is 0 Å². The Balaban J connectivity index is 3.62. The maximum Gasteiger partial charge on any atom is 0.0639 e. The molecule has 0 spiro atoms. The van der Waals surface area contributed by atoms with Crippen LogP contribution in [0.4, 0.5) is 0 Å². The Hall–Kier alpha value is -0.600. The van der Waals surface area contributed by atoms with Crippen LogP contribution >= 0.6 is 0 Å². The molecule has 0 aromatic rings. The average molecular weight is 170 g/mol. The third-order valence-electron chi connectivity index (χ3n) is 1.72. The van der Waals surface area contributed by atoms with Gasteiger partial charge in [-0.25, -0.2) is 0 Å². The van der Waals surface area contributed by atoms with Crippen molar-refractivity contribution in [2.45, 2.75) is 26.7 Å². The summed E-state index contributed by atoms with van der Waals surface area (Å²) in [6, 6.07) is 0. The number of aliphatic hydroxyl groups excluding tert-OH is 2. The molecular weight excluding hydrogens is 152 g/mol. The molecule has 2 nitrogen and oxygen atoms in total. The third-order valence-corrected chi connectivity index (χ3v) is 1.72. The normalized spacial score (nSPS) is 13.7. The fourth-order valence-corrected chi connectivity index (χ4v) is 0.869. The highest BCUT2D eigenvalue weighted by Gasteiger charge is 1.88. The molecule has 0 fully saturated rings. The molecule has 0 rings (SSSR count). The van der Waals surface area contributed by atoms with Crippen LogP contribution in [0.5, 0.6) is 0 Å². The van der Waals surface area contributed by atoms with Crippen LogP contribution in [0, 0.1) is 0 Å². The quantitative estimate of drug-likeness (QED) is 0.616. The first-order chi connectivity index (χ1) is 5.70. The van der Waals surface area contributed by atoms with Gasteiger partial charge in [-0.3, -0.25) is 0 Å². The molecule has 0 heterocycles. The van der Waals surface area contributed by atoms with Gasteiger partial charge in [0, 0.05) is 0 Å². The number of rotatable bonds is 5. The lowest BCUT2D eigenvalue weighted by molar-refractivity contribution is 0.331. The van der Waals surface area contributed by atoms with Crippen LogP contribution in [-0.4, -0.2) is 23.4 Å². The smallest absolute Gasteiger partial charge is 0.0639 e. The van der Waals surface area contributed by atoms with E-state index >= 15 is 0 Å². The summed E-state index contributed by atoms with van der Waals surface area (Å²) in [7, 11) is 0. The molecule has 2 N–H and O–H groups in total. The summed E-state index contributed by atoms with van der Waals surface area (Å²) in [4.78, 5) is 0. The minimum absolute atomic E-state index is 0.120. The van der Waals surface area contributed by atoms with Crippen molar-refractivity contribution in [1.29, 1.82) is 0 Å². The molecule has 0 radical (unpaired) electrons. The van der Waals surface area contributed by atoms with E-state index in [0.717, 1.165) is 18.4 Å². The molecule has 0 aliphatic rings. The van der Waals surface area contributed by atoms with Crippen molar-refractivity contribution >= 4 is 0 Å². The molecule has 0 saturated carbocycles. The summed E-state index contributed by atoms with van der Waals surface area (Å²) in [5.74, 6) is 0. The van der Waals surface area contributed by atoms with Gasteiger partial charge >= 0.3 is 0 Å². The van der Waals surface area contributed by atoms with Crippen molar-refractivity contribution in [3.05, 3.63) is 23.3 Å². The standard InChI is InChI=1S/C10H18O2/c1-9(6-7-11)4-3-5-10(2)8-12/h5-6,11-12H,3-4,7-8H2,1-2H3/b9-6+,10-5+. The first kappa shape index (κ1) is 11.4. The summed E-state index contributed by atoms with van der Waals surface area (Å²) in [5, 5.41) is 17.2. The van der Waals surface area contributed by atoms with Gasteiger partial charge in [0.1, 0.15) is 0 Å². The Kier molecular flexibility index (Phi) is 6.72. The molecule has 0 aliphatic carbocycles. The molecule has 0 unspecified atom stereocenters. The van der Waals surface area contributed by atoms with Gasteiger partial charge < -0.3 is 10.2 Å². The summed E-state index contributed by atoms with van der Waals surface area (Å²) in [6.07, 6.45) is 5.73. The predicted molar refractivity (Wildman–Crippen MR) is 50.9 cm³/mol. The highest BCUT2D eigenvalue weighted by atomic mass is 16.3. The van der Waals surface area contributed by atoms with Crippen LogP contribution in [0.15, 0.2) is 23.3 Å². The molecule has 70 valence electrons. The molecule has 0 bridgehead atoms. The monoisotopic (exact) mass is 170 g/mol. The van der Waals surface area contributed by atoms with E-state index in [0.29, 0.717) is 0 Å². The van der Waals surface area contributed by atoms with Crippen LogP contribution < -0.4 is 0 Å². The molecule has 0 aromatic carbocycles. The topological polar surface area (TPSA) is 40.5 Å². The first-order valence-electron chi connectivity index (χ1n) is 4.23. The fourth-order valence-electron chi connectivity index (χ4n) is 0.869. The van der Waals surface area contributed by atoms with Crippen molar-refractivity contribution < 1.29 is 10.2 Å². The zero-order valence-corrected chi connectivity index (χ0v) is 7.88. The molecule has 0 aliphatic heterocycles. The van der Waals surface area contributed by atoms with Crippen LogP contribution in [0.1, 0.15) is 26.7 Å². The van der Waals surface area contributed by atoms with E-state index < -0.39 is 0 Å². The lowest BCUT2D eigenvalue weighted by Gasteiger charge is -1.97. The largest absolute Gasteiger partial charge is 0.392 e. The lowest BCUT2D eigenvalue weighted by atomic mass is 10.1. The average Bonchev–Trinajstić information content (AvgIpc) is 2.04. The number of hydrogen-bond acceptors (Lipinski definition) is 2. The van der Waals surface area contributed by atoms with E-state index in [9.17, 15) is 0 Å². The summed E-state index contributed by atoms with van der Waals surface area (Å²) < 4.78 is 0. The second-order valence-corrected chi connectivity index (χ2v) is 2.98. The Labute approximate surface area is 74.2 Å². The molecule has 0 saturated heterocycles. The van der Waals surface area contributed by atoms with E-state index in [1.165, 1.54) is 5.57 Å². The van der Waals surface area contributed by atoms with E-state index in [2.05, 4.69) is 0 Å².